The highest BCUT2D eigenvalue weighted by atomic mass is 16.5. The Bertz CT molecular complexity index is 547. The molecule has 0 saturated heterocycles. The zero-order chi connectivity index (χ0) is 17.6. The smallest absolute Gasteiger partial charge is 0.258 e. The fourth-order valence-corrected chi connectivity index (χ4v) is 3.44. The first-order valence-electron chi connectivity index (χ1n) is 9.07. The number of carbonyl (C=O) groups is 1. The van der Waals surface area contributed by atoms with E-state index in [2.05, 4.69) is 38.2 Å². The Morgan fingerprint density at radius 2 is 1.79 bits per heavy atom. The molecule has 0 atom stereocenters. The van der Waals surface area contributed by atoms with Crippen molar-refractivity contribution in [3.05, 3.63) is 29.3 Å². The molecule has 0 unspecified atom stereocenters. The fraction of sp³-hybridized carbons (Fsp3) is 0.650. The molecule has 1 aliphatic carbocycles. The highest BCUT2D eigenvalue weighted by Gasteiger charge is 2.33. The van der Waals surface area contributed by atoms with Crippen LogP contribution in [-0.4, -0.2) is 43.6 Å². The van der Waals surface area contributed by atoms with Crippen LogP contribution in [0.3, 0.4) is 0 Å². The highest BCUT2D eigenvalue weighted by molar-refractivity contribution is 5.77. The molecule has 134 valence electrons. The van der Waals surface area contributed by atoms with Crippen LogP contribution in [0, 0.1) is 13.8 Å². The SMILES string of the molecule is Cc1ccc(OCC(=O)NCC2(N(C)C)CCCCCC2)cc1C. The summed E-state index contributed by atoms with van der Waals surface area (Å²) in [7, 11) is 4.26. The molecule has 1 N–H and O–H groups in total. The van der Waals surface area contributed by atoms with E-state index < -0.39 is 0 Å². The van der Waals surface area contributed by atoms with Crippen LogP contribution in [0.2, 0.25) is 0 Å². The zero-order valence-electron chi connectivity index (χ0n) is 15.7. The van der Waals surface area contributed by atoms with Gasteiger partial charge in [0.15, 0.2) is 6.61 Å². The lowest BCUT2D eigenvalue weighted by atomic mass is 9.88. The summed E-state index contributed by atoms with van der Waals surface area (Å²) in [5.41, 5.74) is 2.50. The van der Waals surface area contributed by atoms with Gasteiger partial charge in [-0.2, -0.15) is 0 Å². The average molecular weight is 332 g/mol. The van der Waals surface area contributed by atoms with Gasteiger partial charge in [-0.3, -0.25) is 4.79 Å². The molecule has 2 rings (SSSR count). The van der Waals surface area contributed by atoms with Gasteiger partial charge in [0, 0.05) is 12.1 Å². The number of amides is 1. The van der Waals surface area contributed by atoms with E-state index in [9.17, 15) is 4.79 Å². The summed E-state index contributed by atoms with van der Waals surface area (Å²) in [5.74, 6) is 0.712. The minimum atomic E-state index is -0.0429. The summed E-state index contributed by atoms with van der Waals surface area (Å²) < 4.78 is 5.64. The van der Waals surface area contributed by atoms with Gasteiger partial charge in [-0.15, -0.1) is 0 Å². The maximum absolute atomic E-state index is 12.2. The maximum Gasteiger partial charge on any atom is 0.258 e. The number of benzene rings is 1. The predicted octanol–water partition coefficient (Wildman–Crippen LogP) is 3.45. The van der Waals surface area contributed by atoms with Crippen LogP contribution in [0.4, 0.5) is 0 Å². The molecule has 0 aliphatic heterocycles. The molecule has 0 aromatic heterocycles. The van der Waals surface area contributed by atoms with Gasteiger partial charge >= 0.3 is 0 Å². The van der Waals surface area contributed by atoms with Gasteiger partial charge in [-0.05, 0) is 64.0 Å². The molecule has 24 heavy (non-hydrogen) atoms. The lowest BCUT2D eigenvalue weighted by molar-refractivity contribution is -0.123. The number of carbonyl (C=O) groups excluding carboxylic acids is 1. The van der Waals surface area contributed by atoms with E-state index in [0.29, 0.717) is 6.54 Å². The number of likely N-dealkylation sites (N-methyl/N-ethyl adjacent to an activating group) is 1. The van der Waals surface area contributed by atoms with Gasteiger partial charge in [0.1, 0.15) is 5.75 Å². The summed E-state index contributed by atoms with van der Waals surface area (Å²) in [6, 6.07) is 5.92. The Morgan fingerprint density at radius 3 is 2.38 bits per heavy atom. The Balaban J connectivity index is 1.85. The minimum absolute atomic E-state index is 0.0429. The normalized spacial score (nSPS) is 17.4. The quantitative estimate of drug-likeness (QED) is 0.811. The number of aryl methyl sites for hydroxylation is 2. The zero-order valence-corrected chi connectivity index (χ0v) is 15.7. The van der Waals surface area contributed by atoms with Gasteiger partial charge in [0.2, 0.25) is 0 Å². The molecule has 1 aromatic rings. The van der Waals surface area contributed by atoms with Gasteiger partial charge < -0.3 is 15.0 Å². The molecule has 1 fully saturated rings. The van der Waals surface area contributed by atoms with E-state index in [1.807, 2.05) is 18.2 Å². The van der Waals surface area contributed by atoms with Gasteiger partial charge in [-0.1, -0.05) is 31.7 Å². The van der Waals surface area contributed by atoms with Gasteiger partial charge in [0.05, 0.1) is 0 Å². The largest absolute Gasteiger partial charge is 0.484 e. The van der Waals surface area contributed by atoms with Crippen molar-refractivity contribution in [1.82, 2.24) is 10.2 Å². The Kier molecular flexibility index (Phi) is 6.67. The monoisotopic (exact) mass is 332 g/mol. The standard InChI is InChI=1S/C20H32N2O2/c1-16-9-10-18(13-17(16)2)24-14-19(23)21-15-20(22(3)4)11-7-5-6-8-12-20/h9-10,13H,5-8,11-12,14-15H2,1-4H3,(H,21,23). The van der Waals surface area contributed by atoms with Crippen LogP contribution >= 0.6 is 0 Å². The second-order valence-electron chi connectivity index (χ2n) is 7.34. The molecule has 1 aliphatic rings. The lowest BCUT2D eigenvalue weighted by Gasteiger charge is -2.39. The lowest BCUT2D eigenvalue weighted by Crippen LogP contribution is -2.53. The first-order chi connectivity index (χ1) is 11.4. The Hall–Kier alpha value is -1.55. The number of nitrogens with zero attached hydrogens (tertiary/aromatic N) is 1. The van der Waals surface area contributed by atoms with Crippen LogP contribution in [0.5, 0.6) is 5.75 Å². The van der Waals surface area contributed by atoms with Crippen LogP contribution in [0.25, 0.3) is 0 Å². The third kappa shape index (κ3) is 4.97. The van der Waals surface area contributed by atoms with Crippen molar-refractivity contribution in [3.8, 4) is 5.75 Å². The average Bonchev–Trinajstić information content (AvgIpc) is 2.80. The van der Waals surface area contributed by atoms with Crippen LogP contribution in [-0.2, 0) is 4.79 Å². The summed E-state index contributed by atoms with van der Waals surface area (Å²) in [4.78, 5) is 14.5. The summed E-state index contributed by atoms with van der Waals surface area (Å²) >= 11 is 0. The van der Waals surface area contributed by atoms with Crippen molar-refractivity contribution in [3.63, 3.8) is 0 Å². The van der Waals surface area contributed by atoms with Crippen LogP contribution in [0.15, 0.2) is 18.2 Å². The molecular formula is C20H32N2O2. The molecular weight excluding hydrogens is 300 g/mol. The third-order valence-corrected chi connectivity index (χ3v) is 5.45. The van der Waals surface area contributed by atoms with Crippen molar-refractivity contribution in [1.29, 1.82) is 0 Å². The van der Waals surface area contributed by atoms with Crippen LogP contribution in [0.1, 0.15) is 49.7 Å². The van der Waals surface area contributed by atoms with Crippen molar-refractivity contribution in [2.24, 2.45) is 0 Å². The van der Waals surface area contributed by atoms with E-state index in [0.717, 1.165) is 18.6 Å². The fourth-order valence-electron chi connectivity index (χ4n) is 3.44. The molecule has 1 saturated carbocycles. The molecule has 0 spiro atoms. The predicted molar refractivity (Wildman–Crippen MR) is 98.5 cm³/mol. The van der Waals surface area contributed by atoms with E-state index in [1.54, 1.807) is 0 Å². The summed E-state index contributed by atoms with van der Waals surface area (Å²) in [5, 5.41) is 3.09. The van der Waals surface area contributed by atoms with Crippen LogP contribution < -0.4 is 10.1 Å². The second-order valence-corrected chi connectivity index (χ2v) is 7.34. The number of rotatable bonds is 6. The molecule has 1 amide bonds. The molecule has 0 heterocycles. The molecule has 0 bridgehead atoms. The summed E-state index contributed by atoms with van der Waals surface area (Å²) in [6.45, 7) is 4.90. The third-order valence-electron chi connectivity index (χ3n) is 5.45. The van der Waals surface area contributed by atoms with E-state index in [1.165, 1.54) is 36.8 Å². The number of hydrogen-bond acceptors (Lipinski definition) is 3. The van der Waals surface area contributed by atoms with Crippen molar-refractivity contribution in [2.75, 3.05) is 27.2 Å². The van der Waals surface area contributed by atoms with E-state index in [4.69, 9.17) is 4.74 Å². The van der Waals surface area contributed by atoms with Gasteiger partial charge in [-0.25, -0.2) is 0 Å². The number of nitrogens with one attached hydrogen (secondary N) is 1. The second kappa shape index (κ2) is 8.52. The molecule has 4 heteroatoms. The van der Waals surface area contributed by atoms with E-state index >= 15 is 0 Å². The van der Waals surface area contributed by atoms with Crippen molar-refractivity contribution < 1.29 is 9.53 Å². The first-order valence-corrected chi connectivity index (χ1v) is 9.07. The minimum Gasteiger partial charge on any atom is -0.484 e. The first kappa shape index (κ1) is 18.8. The highest BCUT2D eigenvalue weighted by Crippen LogP contribution is 2.30. The molecule has 0 radical (unpaired) electrons. The van der Waals surface area contributed by atoms with E-state index in [-0.39, 0.29) is 18.1 Å². The molecule has 4 nitrogen and oxygen atoms in total. The topological polar surface area (TPSA) is 41.6 Å². The Morgan fingerprint density at radius 1 is 1.12 bits per heavy atom. The van der Waals surface area contributed by atoms with Crippen molar-refractivity contribution >= 4 is 5.91 Å². The summed E-state index contributed by atoms with van der Waals surface area (Å²) in [6.07, 6.45) is 7.40. The van der Waals surface area contributed by atoms with Crippen molar-refractivity contribution in [2.45, 2.75) is 57.9 Å². The molecule has 1 aromatic carbocycles. The maximum atomic E-state index is 12.2. The number of ether oxygens (including phenoxy) is 1. The van der Waals surface area contributed by atoms with Gasteiger partial charge in [0.25, 0.3) is 5.91 Å². The number of hydrogen-bond donors (Lipinski definition) is 1. The Labute approximate surface area is 146 Å².